The van der Waals surface area contributed by atoms with Gasteiger partial charge in [-0.25, -0.2) is 4.98 Å². The van der Waals surface area contributed by atoms with Crippen molar-refractivity contribution >= 4 is 11.0 Å². The number of benzene rings is 1. The van der Waals surface area contributed by atoms with Crippen LogP contribution in [0.4, 0.5) is 0 Å². The highest BCUT2D eigenvalue weighted by Crippen LogP contribution is 2.43. The molecule has 1 aliphatic rings. The van der Waals surface area contributed by atoms with E-state index in [2.05, 4.69) is 56.5 Å². The molecule has 2 atom stereocenters. The fourth-order valence-electron chi connectivity index (χ4n) is 3.47. The van der Waals surface area contributed by atoms with Crippen molar-refractivity contribution in [1.82, 2.24) is 9.55 Å². The molecule has 2 heterocycles. The number of rotatable bonds is 2. The molecule has 0 radical (unpaired) electrons. The number of imidazole rings is 1. The third kappa shape index (κ3) is 1.58. The van der Waals surface area contributed by atoms with Crippen LogP contribution in [0, 0.1) is 17.8 Å². The van der Waals surface area contributed by atoms with Crippen LogP contribution in [0.25, 0.3) is 11.0 Å². The van der Waals surface area contributed by atoms with E-state index in [9.17, 15) is 0 Å². The van der Waals surface area contributed by atoms with Crippen LogP contribution in [-0.2, 0) is 6.54 Å². The molecule has 0 N–H and O–H groups in total. The number of hydrogen-bond donors (Lipinski definition) is 0. The fraction of sp³-hybridized carbons (Fsp3) is 0.562. The Morgan fingerprint density at radius 3 is 2.50 bits per heavy atom. The second-order valence-corrected chi connectivity index (χ2v) is 6.25. The average molecular weight is 242 g/mol. The monoisotopic (exact) mass is 242 g/mol. The Balaban J connectivity index is 2.15. The van der Waals surface area contributed by atoms with Crippen LogP contribution in [-0.4, -0.2) is 9.55 Å². The topological polar surface area (TPSA) is 17.8 Å². The summed E-state index contributed by atoms with van der Waals surface area (Å²) in [5.41, 5.74) is 2.46. The molecule has 18 heavy (non-hydrogen) atoms. The van der Waals surface area contributed by atoms with Crippen LogP contribution in [0.1, 0.15) is 39.4 Å². The van der Waals surface area contributed by atoms with Crippen LogP contribution in [0.5, 0.6) is 0 Å². The van der Waals surface area contributed by atoms with E-state index in [1.54, 1.807) is 0 Å². The highest BCUT2D eigenvalue weighted by atomic mass is 15.1. The van der Waals surface area contributed by atoms with E-state index in [0.717, 1.165) is 23.9 Å². The first-order valence-corrected chi connectivity index (χ1v) is 7.04. The largest absolute Gasteiger partial charge is 0.327 e. The summed E-state index contributed by atoms with van der Waals surface area (Å²) in [6.07, 6.45) is 0. The number of nitrogens with zero attached hydrogens (tertiary/aromatic N) is 2. The van der Waals surface area contributed by atoms with Crippen LogP contribution in [0.3, 0.4) is 0 Å². The number of para-hydroxylation sites is 2. The summed E-state index contributed by atoms with van der Waals surface area (Å²) < 4.78 is 2.45. The van der Waals surface area contributed by atoms with Gasteiger partial charge in [0.2, 0.25) is 0 Å². The first kappa shape index (κ1) is 11.8. The Hall–Kier alpha value is -1.31. The van der Waals surface area contributed by atoms with Crippen molar-refractivity contribution in [3.8, 4) is 0 Å². The van der Waals surface area contributed by atoms with Crippen LogP contribution in [0.15, 0.2) is 24.3 Å². The number of fused-ring (bicyclic) bond motifs is 3. The Morgan fingerprint density at radius 1 is 1.11 bits per heavy atom. The van der Waals surface area contributed by atoms with E-state index in [0.29, 0.717) is 11.8 Å². The second kappa shape index (κ2) is 4.11. The Kier molecular flexibility index (Phi) is 2.69. The maximum absolute atomic E-state index is 4.89. The van der Waals surface area contributed by atoms with Gasteiger partial charge < -0.3 is 4.57 Å². The molecule has 2 heteroatoms. The van der Waals surface area contributed by atoms with Gasteiger partial charge in [-0.3, -0.25) is 0 Å². The molecule has 0 spiro atoms. The standard InChI is InChI=1S/C16H22N2/c1-10(2)12-9-18-14-8-6-5-7-13(14)17-16(18)15(12)11(3)4/h5-8,10-12,15H,9H2,1-4H3. The molecular formula is C16H22N2. The third-order valence-corrected chi connectivity index (χ3v) is 4.41. The van der Waals surface area contributed by atoms with Crippen molar-refractivity contribution in [2.24, 2.45) is 17.8 Å². The molecule has 0 fully saturated rings. The van der Waals surface area contributed by atoms with Crippen LogP contribution >= 0.6 is 0 Å². The zero-order valence-corrected chi connectivity index (χ0v) is 11.7. The predicted molar refractivity (Wildman–Crippen MR) is 75.6 cm³/mol. The molecule has 2 nitrogen and oxygen atoms in total. The van der Waals surface area contributed by atoms with Gasteiger partial charge in [-0.1, -0.05) is 39.8 Å². The normalized spacial score (nSPS) is 23.2. The molecule has 2 unspecified atom stereocenters. The Labute approximate surface area is 109 Å². The quantitative estimate of drug-likeness (QED) is 0.776. The zero-order valence-electron chi connectivity index (χ0n) is 11.7. The van der Waals surface area contributed by atoms with Gasteiger partial charge in [0.25, 0.3) is 0 Å². The molecule has 2 aromatic rings. The summed E-state index contributed by atoms with van der Waals surface area (Å²) in [6, 6.07) is 8.52. The fourth-order valence-corrected chi connectivity index (χ4v) is 3.47. The lowest BCUT2D eigenvalue weighted by Crippen LogP contribution is -2.19. The van der Waals surface area contributed by atoms with Crippen molar-refractivity contribution in [3.05, 3.63) is 30.1 Å². The molecule has 96 valence electrons. The van der Waals surface area contributed by atoms with Crippen LogP contribution in [0.2, 0.25) is 0 Å². The van der Waals surface area contributed by atoms with Crippen molar-refractivity contribution in [2.75, 3.05) is 0 Å². The molecule has 0 saturated carbocycles. The van der Waals surface area contributed by atoms with E-state index in [1.165, 1.54) is 11.3 Å². The Bertz CT molecular complexity index is 565. The molecule has 1 aromatic carbocycles. The molecule has 3 rings (SSSR count). The molecule has 0 aliphatic carbocycles. The summed E-state index contributed by atoms with van der Waals surface area (Å²) in [7, 11) is 0. The van der Waals surface area contributed by atoms with E-state index in [-0.39, 0.29) is 0 Å². The van der Waals surface area contributed by atoms with Crippen molar-refractivity contribution < 1.29 is 0 Å². The minimum Gasteiger partial charge on any atom is -0.327 e. The van der Waals surface area contributed by atoms with Gasteiger partial charge in [0, 0.05) is 12.5 Å². The average Bonchev–Trinajstić information content (AvgIpc) is 2.83. The minimum atomic E-state index is 0.609. The Morgan fingerprint density at radius 2 is 1.83 bits per heavy atom. The zero-order chi connectivity index (χ0) is 12.9. The molecule has 1 aromatic heterocycles. The molecule has 0 amide bonds. The lowest BCUT2D eigenvalue weighted by atomic mass is 9.79. The molecule has 0 saturated heterocycles. The number of hydrogen-bond acceptors (Lipinski definition) is 1. The summed E-state index contributed by atoms with van der Waals surface area (Å²) in [4.78, 5) is 4.89. The van der Waals surface area contributed by atoms with Crippen molar-refractivity contribution in [3.63, 3.8) is 0 Å². The summed E-state index contributed by atoms with van der Waals surface area (Å²) in [6.45, 7) is 10.5. The minimum absolute atomic E-state index is 0.609. The smallest absolute Gasteiger partial charge is 0.113 e. The van der Waals surface area contributed by atoms with E-state index in [4.69, 9.17) is 4.98 Å². The van der Waals surface area contributed by atoms with E-state index in [1.807, 2.05) is 0 Å². The molecular weight excluding hydrogens is 220 g/mol. The first-order chi connectivity index (χ1) is 8.59. The lowest BCUT2D eigenvalue weighted by Gasteiger charge is -2.25. The van der Waals surface area contributed by atoms with Gasteiger partial charge in [-0.15, -0.1) is 0 Å². The maximum atomic E-state index is 4.89. The van der Waals surface area contributed by atoms with Gasteiger partial charge in [-0.2, -0.15) is 0 Å². The van der Waals surface area contributed by atoms with E-state index < -0.39 is 0 Å². The van der Waals surface area contributed by atoms with Gasteiger partial charge in [0.1, 0.15) is 5.82 Å². The highest BCUT2D eigenvalue weighted by Gasteiger charge is 2.38. The van der Waals surface area contributed by atoms with E-state index >= 15 is 0 Å². The number of aromatic nitrogens is 2. The van der Waals surface area contributed by atoms with Crippen molar-refractivity contribution in [1.29, 1.82) is 0 Å². The lowest BCUT2D eigenvalue weighted by molar-refractivity contribution is 0.279. The highest BCUT2D eigenvalue weighted by molar-refractivity contribution is 5.76. The van der Waals surface area contributed by atoms with Gasteiger partial charge in [-0.05, 0) is 29.9 Å². The van der Waals surface area contributed by atoms with Crippen LogP contribution < -0.4 is 0 Å². The summed E-state index contributed by atoms with van der Waals surface area (Å²) >= 11 is 0. The maximum Gasteiger partial charge on any atom is 0.113 e. The predicted octanol–water partition coefficient (Wildman–Crippen LogP) is 4.06. The first-order valence-electron chi connectivity index (χ1n) is 7.04. The molecule has 1 aliphatic heterocycles. The van der Waals surface area contributed by atoms with Gasteiger partial charge in [0.15, 0.2) is 0 Å². The summed E-state index contributed by atoms with van der Waals surface area (Å²) in [5, 5.41) is 0. The van der Waals surface area contributed by atoms with Gasteiger partial charge >= 0.3 is 0 Å². The molecule has 0 bridgehead atoms. The second-order valence-electron chi connectivity index (χ2n) is 6.25. The SMILES string of the molecule is CC(C)C1Cn2c(nc3ccccc32)C1C(C)C. The summed E-state index contributed by atoms with van der Waals surface area (Å²) in [5.74, 6) is 4.03. The van der Waals surface area contributed by atoms with Gasteiger partial charge in [0.05, 0.1) is 11.0 Å². The third-order valence-electron chi connectivity index (χ3n) is 4.41. The van der Waals surface area contributed by atoms with Crippen molar-refractivity contribution in [2.45, 2.75) is 40.2 Å².